The van der Waals surface area contributed by atoms with Gasteiger partial charge >= 0.3 is 5.97 Å². The van der Waals surface area contributed by atoms with E-state index in [2.05, 4.69) is 20.5 Å². The molecule has 21 heavy (non-hydrogen) atoms. The van der Waals surface area contributed by atoms with Gasteiger partial charge in [0.05, 0.1) is 12.3 Å². The molecule has 0 atom stereocenters. The zero-order valence-electron chi connectivity index (χ0n) is 11.7. The summed E-state index contributed by atoms with van der Waals surface area (Å²) in [6.07, 6.45) is 2.20. The fraction of sp³-hybridized carbons (Fsp3) is 0.583. The lowest BCUT2D eigenvalue weighted by molar-refractivity contribution is 0.0518. The van der Waals surface area contributed by atoms with Gasteiger partial charge in [0.2, 0.25) is 5.89 Å². The number of hydrogen-bond donors (Lipinski definition) is 1. The Morgan fingerprint density at radius 3 is 3.00 bits per heavy atom. The van der Waals surface area contributed by atoms with E-state index < -0.39 is 5.97 Å². The van der Waals surface area contributed by atoms with E-state index >= 15 is 0 Å². The number of nitrogens with zero attached hydrogens (tertiary/aromatic N) is 5. The van der Waals surface area contributed by atoms with Gasteiger partial charge < -0.3 is 15.0 Å². The predicted octanol–water partition coefficient (Wildman–Crippen LogP) is 0.222. The van der Waals surface area contributed by atoms with Crippen molar-refractivity contribution < 1.29 is 14.1 Å². The first-order valence-corrected chi connectivity index (χ1v) is 6.85. The number of ether oxygens (including phenoxy) is 1. The van der Waals surface area contributed by atoms with E-state index in [0.29, 0.717) is 17.5 Å². The number of rotatable bonds is 6. The summed E-state index contributed by atoms with van der Waals surface area (Å²) in [5.74, 6) is 1.03. The minimum atomic E-state index is -0.534. The Labute approximate surface area is 120 Å². The van der Waals surface area contributed by atoms with E-state index in [9.17, 15) is 4.79 Å². The van der Waals surface area contributed by atoms with Crippen molar-refractivity contribution in [3.05, 3.63) is 23.1 Å². The van der Waals surface area contributed by atoms with Crippen LogP contribution in [0.5, 0.6) is 0 Å². The first kappa shape index (κ1) is 13.7. The standard InChI is InChI=1S/C12H16N6O3/c1-2-20-12(19)10-8(5-13)18(17-15-10)6-9-14-11(16-21-9)7-3-4-7/h7H,2-6,13H2,1H3. The zero-order valence-corrected chi connectivity index (χ0v) is 11.7. The molecule has 2 aromatic rings. The second-order valence-corrected chi connectivity index (χ2v) is 4.79. The summed E-state index contributed by atoms with van der Waals surface area (Å²) < 4.78 is 11.6. The molecule has 0 radical (unpaired) electrons. The van der Waals surface area contributed by atoms with Crippen LogP contribution in [0.25, 0.3) is 0 Å². The molecule has 9 heteroatoms. The number of nitrogens with two attached hydrogens (primary N) is 1. The number of carbonyl (C=O) groups is 1. The van der Waals surface area contributed by atoms with Crippen LogP contribution in [0.3, 0.4) is 0 Å². The highest BCUT2D eigenvalue weighted by Crippen LogP contribution is 2.38. The fourth-order valence-corrected chi connectivity index (χ4v) is 1.99. The highest BCUT2D eigenvalue weighted by Gasteiger charge is 2.29. The molecule has 1 saturated carbocycles. The van der Waals surface area contributed by atoms with Crippen molar-refractivity contribution in [2.75, 3.05) is 6.61 Å². The predicted molar refractivity (Wildman–Crippen MR) is 69.2 cm³/mol. The maximum atomic E-state index is 11.7. The third-order valence-electron chi connectivity index (χ3n) is 3.21. The highest BCUT2D eigenvalue weighted by atomic mass is 16.5. The average molecular weight is 292 g/mol. The van der Waals surface area contributed by atoms with Gasteiger partial charge in [-0.15, -0.1) is 5.10 Å². The molecule has 0 aromatic carbocycles. The fourth-order valence-electron chi connectivity index (χ4n) is 1.99. The molecule has 1 aliphatic carbocycles. The van der Waals surface area contributed by atoms with Gasteiger partial charge in [-0.05, 0) is 19.8 Å². The van der Waals surface area contributed by atoms with Crippen molar-refractivity contribution >= 4 is 5.97 Å². The second kappa shape index (κ2) is 5.60. The Morgan fingerprint density at radius 1 is 1.52 bits per heavy atom. The smallest absolute Gasteiger partial charge is 0.360 e. The lowest BCUT2D eigenvalue weighted by atomic mass is 10.3. The molecule has 0 spiro atoms. The van der Waals surface area contributed by atoms with Crippen molar-refractivity contribution in [3.63, 3.8) is 0 Å². The number of carbonyl (C=O) groups excluding carboxylic acids is 1. The summed E-state index contributed by atoms with van der Waals surface area (Å²) in [5.41, 5.74) is 6.28. The maximum absolute atomic E-state index is 11.7. The van der Waals surface area contributed by atoms with E-state index in [0.717, 1.165) is 18.7 Å². The third-order valence-corrected chi connectivity index (χ3v) is 3.21. The summed E-state index contributed by atoms with van der Waals surface area (Å²) in [6, 6.07) is 0. The van der Waals surface area contributed by atoms with Gasteiger partial charge in [-0.2, -0.15) is 4.98 Å². The first-order chi connectivity index (χ1) is 10.2. The summed E-state index contributed by atoms with van der Waals surface area (Å²) in [6.45, 7) is 2.34. The molecule has 9 nitrogen and oxygen atoms in total. The van der Waals surface area contributed by atoms with Gasteiger partial charge in [0.25, 0.3) is 0 Å². The lowest BCUT2D eigenvalue weighted by Gasteiger charge is -2.03. The van der Waals surface area contributed by atoms with E-state index in [1.165, 1.54) is 4.68 Å². The number of aromatic nitrogens is 5. The molecule has 0 amide bonds. The molecule has 0 unspecified atom stereocenters. The molecule has 1 aliphatic rings. The van der Waals surface area contributed by atoms with Crippen LogP contribution in [0.15, 0.2) is 4.52 Å². The quantitative estimate of drug-likeness (QED) is 0.750. The third kappa shape index (κ3) is 2.77. The van der Waals surface area contributed by atoms with Crippen molar-refractivity contribution in [2.45, 2.75) is 38.8 Å². The lowest BCUT2D eigenvalue weighted by Crippen LogP contribution is -2.15. The number of hydrogen-bond acceptors (Lipinski definition) is 8. The van der Waals surface area contributed by atoms with Crippen LogP contribution < -0.4 is 5.73 Å². The molecular weight excluding hydrogens is 276 g/mol. The van der Waals surface area contributed by atoms with Crippen molar-refractivity contribution in [1.29, 1.82) is 0 Å². The zero-order chi connectivity index (χ0) is 14.8. The van der Waals surface area contributed by atoms with E-state index in [4.69, 9.17) is 15.0 Å². The van der Waals surface area contributed by atoms with Gasteiger partial charge in [-0.25, -0.2) is 9.48 Å². The van der Waals surface area contributed by atoms with Crippen LogP contribution in [0.1, 0.15) is 53.6 Å². The van der Waals surface area contributed by atoms with Crippen LogP contribution in [0.2, 0.25) is 0 Å². The Balaban J connectivity index is 1.79. The molecule has 1 fully saturated rings. The van der Waals surface area contributed by atoms with Gasteiger partial charge in [0, 0.05) is 12.5 Å². The summed E-state index contributed by atoms with van der Waals surface area (Å²) in [7, 11) is 0. The maximum Gasteiger partial charge on any atom is 0.360 e. The molecular formula is C12H16N6O3. The normalized spacial score (nSPS) is 14.4. The molecule has 112 valence electrons. The molecule has 0 aliphatic heterocycles. The number of esters is 1. The second-order valence-electron chi connectivity index (χ2n) is 4.79. The Bertz CT molecular complexity index is 645. The van der Waals surface area contributed by atoms with Crippen molar-refractivity contribution in [3.8, 4) is 0 Å². The molecule has 0 bridgehead atoms. The minimum Gasteiger partial charge on any atom is -0.461 e. The summed E-state index contributed by atoms with van der Waals surface area (Å²) in [4.78, 5) is 16.1. The van der Waals surface area contributed by atoms with Crippen molar-refractivity contribution in [2.24, 2.45) is 5.73 Å². The van der Waals surface area contributed by atoms with Crippen LogP contribution in [-0.2, 0) is 17.8 Å². The minimum absolute atomic E-state index is 0.116. The van der Waals surface area contributed by atoms with Crippen LogP contribution in [0, 0.1) is 0 Å². The Kier molecular flexibility index (Phi) is 3.65. The molecule has 0 saturated heterocycles. The summed E-state index contributed by atoms with van der Waals surface area (Å²) >= 11 is 0. The molecule has 2 N–H and O–H groups in total. The SMILES string of the molecule is CCOC(=O)c1nnn(Cc2nc(C3CC3)no2)c1CN. The van der Waals surface area contributed by atoms with E-state index in [-0.39, 0.29) is 25.4 Å². The monoisotopic (exact) mass is 292 g/mol. The Hall–Kier alpha value is -2.29. The topological polar surface area (TPSA) is 122 Å². The average Bonchev–Trinajstić information content (AvgIpc) is 3.09. The first-order valence-electron chi connectivity index (χ1n) is 6.85. The van der Waals surface area contributed by atoms with Crippen LogP contribution >= 0.6 is 0 Å². The summed E-state index contributed by atoms with van der Waals surface area (Å²) in [5, 5.41) is 11.7. The van der Waals surface area contributed by atoms with Crippen LogP contribution in [-0.4, -0.2) is 37.7 Å². The molecule has 3 rings (SSSR count). The molecule has 2 aromatic heterocycles. The van der Waals surface area contributed by atoms with E-state index in [1.807, 2.05) is 0 Å². The highest BCUT2D eigenvalue weighted by molar-refractivity contribution is 5.88. The van der Waals surface area contributed by atoms with Gasteiger partial charge in [0.15, 0.2) is 11.5 Å². The van der Waals surface area contributed by atoms with Gasteiger partial charge in [-0.1, -0.05) is 10.4 Å². The Morgan fingerprint density at radius 2 is 2.33 bits per heavy atom. The van der Waals surface area contributed by atoms with E-state index in [1.54, 1.807) is 6.92 Å². The van der Waals surface area contributed by atoms with Crippen molar-refractivity contribution in [1.82, 2.24) is 25.1 Å². The van der Waals surface area contributed by atoms with Gasteiger partial charge in [0.1, 0.15) is 6.54 Å². The van der Waals surface area contributed by atoms with Gasteiger partial charge in [-0.3, -0.25) is 0 Å². The largest absolute Gasteiger partial charge is 0.461 e. The van der Waals surface area contributed by atoms with Crippen LogP contribution in [0.4, 0.5) is 0 Å². The molecule has 2 heterocycles.